The van der Waals surface area contributed by atoms with Crippen LogP contribution in [0, 0.1) is 0 Å². The number of anilines is 1. The van der Waals surface area contributed by atoms with E-state index in [1.807, 2.05) is 12.1 Å². The lowest BCUT2D eigenvalue weighted by Crippen LogP contribution is -2.13. The minimum Gasteiger partial charge on any atom is -0.278 e. The standard InChI is InChI=1S/C14H13ClN2O2S2/c1-2-9-20-13-6-4-3-5-12(13)17-21(18,19)11-7-8-16-14(15)10-11/h2-8,10,17H,1,9H2. The largest absolute Gasteiger partial charge is 0.278 e. The Kier molecular flexibility index (Phi) is 5.27. The number of hydrogen-bond acceptors (Lipinski definition) is 4. The van der Waals surface area contributed by atoms with E-state index in [1.165, 1.54) is 30.1 Å². The summed E-state index contributed by atoms with van der Waals surface area (Å²) in [6.07, 6.45) is 3.12. The highest BCUT2D eigenvalue weighted by molar-refractivity contribution is 7.99. The molecule has 110 valence electrons. The number of rotatable bonds is 6. The smallest absolute Gasteiger partial charge is 0.262 e. The van der Waals surface area contributed by atoms with Gasteiger partial charge in [0.2, 0.25) is 0 Å². The third kappa shape index (κ3) is 4.23. The van der Waals surface area contributed by atoms with Crippen molar-refractivity contribution in [3.8, 4) is 0 Å². The van der Waals surface area contributed by atoms with Crippen LogP contribution in [0.25, 0.3) is 0 Å². The first-order chi connectivity index (χ1) is 10.0. The van der Waals surface area contributed by atoms with Crippen molar-refractivity contribution in [3.63, 3.8) is 0 Å². The maximum Gasteiger partial charge on any atom is 0.262 e. The predicted octanol–water partition coefficient (Wildman–Crippen LogP) is 3.81. The van der Waals surface area contributed by atoms with Gasteiger partial charge < -0.3 is 0 Å². The Labute approximate surface area is 133 Å². The van der Waals surface area contributed by atoms with Crippen LogP contribution in [0.5, 0.6) is 0 Å². The van der Waals surface area contributed by atoms with Crippen molar-refractivity contribution < 1.29 is 8.42 Å². The highest BCUT2D eigenvalue weighted by atomic mass is 35.5. The van der Waals surface area contributed by atoms with Gasteiger partial charge in [-0.25, -0.2) is 13.4 Å². The Morgan fingerprint density at radius 1 is 1.33 bits per heavy atom. The molecule has 21 heavy (non-hydrogen) atoms. The number of para-hydroxylation sites is 1. The van der Waals surface area contributed by atoms with Gasteiger partial charge in [0.1, 0.15) is 5.15 Å². The lowest BCUT2D eigenvalue weighted by atomic mass is 10.3. The summed E-state index contributed by atoms with van der Waals surface area (Å²) in [5, 5.41) is 0.132. The summed E-state index contributed by atoms with van der Waals surface area (Å²) in [7, 11) is -3.70. The van der Waals surface area contributed by atoms with E-state index in [4.69, 9.17) is 11.6 Å². The van der Waals surface area contributed by atoms with Gasteiger partial charge in [0.15, 0.2) is 0 Å². The van der Waals surface area contributed by atoms with Crippen LogP contribution in [0.2, 0.25) is 5.15 Å². The van der Waals surface area contributed by atoms with Gasteiger partial charge in [0, 0.05) is 16.8 Å². The van der Waals surface area contributed by atoms with Crippen molar-refractivity contribution in [2.45, 2.75) is 9.79 Å². The second-order valence-corrected chi connectivity index (χ2v) is 7.15. The molecule has 0 atom stereocenters. The molecular weight excluding hydrogens is 328 g/mol. The number of benzene rings is 1. The number of sulfonamides is 1. The fraction of sp³-hybridized carbons (Fsp3) is 0.0714. The molecular formula is C14H13ClN2O2S2. The maximum absolute atomic E-state index is 12.4. The third-order valence-electron chi connectivity index (χ3n) is 2.50. The molecule has 0 aliphatic carbocycles. The van der Waals surface area contributed by atoms with Crippen LogP contribution in [-0.2, 0) is 10.0 Å². The van der Waals surface area contributed by atoms with Crippen LogP contribution in [0.4, 0.5) is 5.69 Å². The van der Waals surface area contributed by atoms with E-state index in [0.29, 0.717) is 11.4 Å². The van der Waals surface area contributed by atoms with Gasteiger partial charge in [-0.05, 0) is 24.3 Å². The molecule has 0 spiro atoms. The Balaban J connectivity index is 2.30. The van der Waals surface area contributed by atoms with Crippen molar-refractivity contribution in [2.75, 3.05) is 10.5 Å². The molecule has 2 rings (SSSR count). The molecule has 7 heteroatoms. The van der Waals surface area contributed by atoms with E-state index >= 15 is 0 Å². The molecule has 1 aromatic carbocycles. The number of halogens is 1. The van der Waals surface area contributed by atoms with E-state index in [1.54, 1.807) is 18.2 Å². The zero-order valence-corrected chi connectivity index (χ0v) is 13.4. The quantitative estimate of drug-likeness (QED) is 0.493. The molecule has 0 saturated heterocycles. The second kappa shape index (κ2) is 6.98. The minimum atomic E-state index is -3.70. The molecule has 0 saturated carbocycles. The molecule has 0 unspecified atom stereocenters. The molecule has 0 fully saturated rings. The highest BCUT2D eigenvalue weighted by Gasteiger charge is 2.16. The van der Waals surface area contributed by atoms with E-state index < -0.39 is 10.0 Å². The summed E-state index contributed by atoms with van der Waals surface area (Å²) in [4.78, 5) is 4.69. The van der Waals surface area contributed by atoms with Gasteiger partial charge in [-0.1, -0.05) is 29.8 Å². The Morgan fingerprint density at radius 3 is 2.81 bits per heavy atom. The summed E-state index contributed by atoms with van der Waals surface area (Å²) < 4.78 is 27.3. The molecule has 0 amide bonds. The predicted molar refractivity (Wildman–Crippen MR) is 87.4 cm³/mol. The number of hydrogen-bond donors (Lipinski definition) is 1. The molecule has 0 aliphatic rings. The van der Waals surface area contributed by atoms with Crippen LogP contribution in [0.15, 0.2) is 65.0 Å². The molecule has 1 N–H and O–H groups in total. The number of aromatic nitrogens is 1. The van der Waals surface area contributed by atoms with Crippen molar-refractivity contribution in [3.05, 3.63) is 60.4 Å². The average molecular weight is 341 g/mol. The second-order valence-electron chi connectivity index (χ2n) is 4.02. The Morgan fingerprint density at radius 2 is 2.10 bits per heavy atom. The Hall–Kier alpha value is -1.50. The van der Waals surface area contributed by atoms with Gasteiger partial charge in [-0.15, -0.1) is 18.3 Å². The van der Waals surface area contributed by atoms with Crippen LogP contribution in [0.3, 0.4) is 0 Å². The van der Waals surface area contributed by atoms with E-state index in [-0.39, 0.29) is 10.0 Å². The summed E-state index contributed by atoms with van der Waals surface area (Å²) in [6.45, 7) is 3.66. The molecule has 1 heterocycles. The normalized spacial score (nSPS) is 11.1. The summed E-state index contributed by atoms with van der Waals surface area (Å²) in [5.41, 5.74) is 0.525. The van der Waals surface area contributed by atoms with Gasteiger partial charge in [-0.2, -0.15) is 0 Å². The van der Waals surface area contributed by atoms with Crippen molar-refractivity contribution >= 4 is 39.1 Å². The number of pyridine rings is 1. The molecule has 0 bridgehead atoms. The monoisotopic (exact) mass is 340 g/mol. The fourth-order valence-corrected chi connectivity index (χ4v) is 3.72. The fourth-order valence-electron chi connectivity index (χ4n) is 1.58. The van der Waals surface area contributed by atoms with Gasteiger partial charge in [0.25, 0.3) is 10.0 Å². The molecule has 1 aromatic heterocycles. The van der Waals surface area contributed by atoms with Gasteiger partial charge >= 0.3 is 0 Å². The maximum atomic E-state index is 12.4. The molecule has 2 aromatic rings. The zero-order valence-electron chi connectivity index (χ0n) is 11.0. The van der Waals surface area contributed by atoms with E-state index in [0.717, 1.165) is 4.90 Å². The van der Waals surface area contributed by atoms with Crippen LogP contribution in [0.1, 0.15) is 0 Å². The first kappa shape index (κ1) is 15.9. The SMILES string of the molecule is C=CCSc1ccccc1NS(=O)(=O)c1ccnc(Cl)c1. The van der Waals surface area contributed by atoms with Gasteiger partial charge in [-0.3, -0.25) is 4.72 Å². The molecule has 4 nitrogen and oxygen atoms in total. The highest BCUT2D eigenvalue weighted by Crippen LogP contribution is 2.29. The van der Waals surface area contributed by atoms with E-state index in [2.05, 4.69) is 16.3 Å². The number of thioether (sulfide) groups is 1. The van der Waals surface area contributed by atoms with Crippen LogP contribution in [-0.4, -0.2) is 19.2 Å². The van der Waals surface area contributed by atoms with Crippen LogP contribution >= 0.6 is 23.4 Å². The van der Waals surface area contributed by atoms with Gasteiger partial charge in [0.05, 0.1) is 10.6 Å². The lowest BCUT2D eigenvalue weighted by Gasteiger charge is -2.11. The van der Waals surface area contributed by atoms with Crippen molar-refractivity contribution in [2.24, 2.45) is 0 Å². The van der Waals surface area contributed by atoms with Crippen molar-refractivity contribution in [1.82, 2.24) is 4.98 Å². The van der Waals surface area contributed by atoms with Crippen molar-refractivity contribution in [1.29, 1.82) is 0 Å². The van der Waals surface area contributed by atoms with Crippen LogP contribution < -0.4 is 4.72 Å². The molecule has 0 aliphatic heterocycles. The number of nitrogens with zero attached hydrogens (tertiary/aromatic N) is 1. The topological polar surface area (TPSA) is 59.1 Å². The lowest BCUT2D eigenvalue weighted by molar-refractivity contribution is 0.601. The third-order valence-corrected chi connectivity index (χ3v) is 5.14. The summed E-state index contributed by atoms with van der Waals surface area (Å²) in [5.74, 6) is 0.694. The zero-order chi connectivity index (χ0) is 15.3. The first-order valence-electron chi connectivity index (χ1n) is 6.00. The summed E-state index contributed by atoms with van der Waals surface area (Å²) >= 11 is 7.24. The number of nitrogens with one attached hydrogen (secondary N) is 1. The average Bonchev–Trinajstić information content (AvgIpc) is 2.46. The molecule has 0 radical (unpaired) electrons. The Bertz CT molecular complexity index is 748. The summed E-state index contributed by atoms with van der Waals surface area (Å²) in [6, 6.07) is 9.90. The first-order valence-corrected chi connectivity index (χ1v) is 8.85. The minimum absolute atomic E-state index is 0.0750. The van der Waals surface area contributed by atoms with E-state index in [9.17, 15) is 8.42 Å².